The first-order valence-corrected chi connectivity index (χ1v) is 13.5. The highest BCUT2D eigenvalue weighted by Crippen LogP contribution is 2.27. The van der Waals surface area contributed by atoms with E-state index in [1.54, 1.807) is 36.4 Å². The summed E-state index contributed by atoms with van der Waals surface area (Å²) in [6.07, 6.45) is 2.63. The van der Waals surface area contributed by atoms with Crippen molar-refractivity contribution in [3.8, 4) is 23.3 Å². The molecule has 3 heterocycles. The third-order valence-electron chi connectivity index (χ3n) is 7.30. The molecule has 0 N–H and O–H groups in total. The lowest BCUT2D eigenvalue weighted by atomic mass is 10.1. The van der Waals surface area contributed by atoms with E-state index in [4.69, 9.17) is 24.5 Å². The summed E-state index contributed by atoms with van der Waals surface area (Å²) in [6.45, 7) is 1.09. The number of rotatable bonds is 9. The Hall–Kier alpha value is -5.21. The van der Waals surface area contributed by atoms with Crippen LogP contribution in [0.5, 0.6) is 6.01 Å². The number of benzene rings is 3. The summed E-state index contributed by atoms with van der Waals surface area (Å²) >= 11 is 0. The largest absolute Gasteiger partial charge is 0.465 e. The smallest absolute Gasteiger partial charge is 0.337 e. The average Bonchev–Trinajstić information content (AvgIpc) is 3.34. The zero-order valence-electron chi connectivity index (χ0n) is 23.1. The van der Waals surface area contributed by atoms with Crippen molar-refractivity contribution in [3.05, 3.63) is 107 Å². The Labute approximate surface area is 245 Å². The van der Waals surface area contributed by atoms with Crippen LogP contribution in [0.15, 0.2) is 66.9 Å². The first kappa shape index (κ1) is 27.9. The Morgan fingerprint density at radius 1 is 1.07 bits per heavy atom. The first-order valence-electron chi connectivity index (χ1n) is 13.5. The molecular weight excluding hydrogens is 556 g/mol. The molecule has 0 unspecified atom stereocenters. The van der Waals surface area contributed by atoms with E-state index in [2.05, 4.69) is 9.97 Å². The van der Waals surface area contributed by atoms with Crippen molar-refractivity contribution in [2.75, 3.05) is 13.7 Å². The molecule has 0 aliphatic carbocycles. The zero-order valence-corrected chi connectivity index (χ0v) is 23.1. The van der Waals surface area contributed by atoms with Crippen molar-refractivity contribution in [3.63, 3.8) is 0 Å². The molecule has 2 aromatic heterocycles. The third-order valence-corrected chi connectivity index (χ3v) is 7.30. The van der Waals surface area contributed by atoms with Crippen molar-refractivity contribution >= 4 is 17.0 Å². The fraction of sp³-hybridized carbons (Fsp3) is 0.219. The molecule has 0 bridgehead atoms. The first-order chi connectivity index (χ1) is 20.9. The van der Waals surface area contributed by atoms with E-state index in [1.807, 2.05) is 10.6 Å². The van der Waals surface area contributed by atoms with Crippen LogP contribution in [0.25, 0.3) is 22.3 Å². The van der Waals surface area contributed by atoms with Gasteiger partial charge in [0, 0.05) is 30.4 Å². The molecule has 6 rings (SSSR count). The Balaban J connectivity index is 1.23. The summed E-state index contributed by atoms with van der Waals surface area (Å²) in [6, 6.07) is 17.6. The lowest BCUT2D eigenvalue weighted by Gasteiger charge is -2.27. The molecule has 0 radical (unpaired) electrons. The second-order valence-electron chi connectivity index (χ2n) is 10.0. The van der Waals surface area contributed by atoms with Crippen LogP contribution in [-0.2, 0) is 29.0 Å². The lowest BCUT2D eigenvalue weighted by molar-refractivity contribution is -0.0589. The Morgan fingerprint density at radius 3 is 2.60 bits per heavy atom. The molecule has 11 heteroatoms. The number of fused-ring (bicyclic) bond motifs is 1. The van der Waals surface area contributed by atoms with Gasteiger partial charge in [0.1, 0.15) is 24.1 Å². The van der Waals surface area contributed by atoms with Gasteiger partial charge in [-0.25, -0.2) is 23.5 Å². The van der Waals surface area contributed by atoms with Crippen LogP contribution in [0.2, 0.25) is 0 Å². The number of carbonyl (C=O) groups is 1. The van der Waals surface area contributed by atoms with E-state index < -0.39 is 17.6 Å². The molecule has 0 amide bonds. The normalized spacial score (nSPS) is 14.2. The van der Waals surface area contributed by atoms with Gasteiger partial charge in [-0.1, -0.05) is 18.2 Å². The number of methoxy groups -OCH3 is 1. The maximum absolute atomic E-state index is 15.5. The summed E-state index contributed by atoms with van der Waals surface area (Å²) in [7, 11) is 1.33. The maximum Gasteiger partial charge on any atom is 0.337 e. The van der Waals surface area contributed by atoms with Gasteiger partial charge in [0.2, 0.25) is 0 Å². The third kappa shape index (κ3) is 5.91. The van der Waals surface area contributed by atoms with E-state index in [9.17, 15) is 9.18 Å². The zero-order chi connectivity index (χ0) is 29.9. The van der Waals surface area contributed by atoms with E-state index in [0.717, 1.165) is 18.0 Å². The molecule has 216 valence electrons. The highest BCUT2D eigenvalue weighted by molar-refractivity contribution is 5.93. The highest BCUT2D eigenvalue weighted by atomic mass is 19.1. The average molecular weight is 582 g/mol. The second-order valence-corrected chi connectivity index (χ2v) is 10.0. The molecule has 0 spiro atoms. The molecule has 0 saturated carbocycles. The summed E-state index contributed by atoms with van der Waals surface area (Å²) < 4.78 is 47.8. The number of imidazole rings is 1. The number of aromatic nitrogens is 4. The highest BCUT2D eigenvalue weighted by Gasteiger charge is 2.23. The maximum atomic E-state index is 15.5. The predicted molar refractivity (Wildman–Crippen MR) is 151 cm³/mol. The van der Waals surface area contributed by atoms with Crippen LogP contribution in [0.1, 0.15) is 39.3 Å². The van der Waals surface area contributed by atoms with E-state index in [-0.39, 0.29) is 36.3 Å². The van der Waals surface area contributed by atoms with Gasteiger partial charge in [0.15, 0.2) is 0 Å². The van der Waals surface area contributed by atoms with Gasteiger partial charge in [-0.2, -0.15) is 10.2 Å². The summed E-state index contributed by atoms with van der Waals surface area (Å²) in [5, 5.41) is 8.91. The van der Waals surface area contributed by atoms with Crippen LogP contribution in [-0.4, -0.2) is 45.3 Å². The number of ether oxygens (including phenoxy) is 3. The molecule has 5 aromatic rings. The van der Waals surface area contributed by atoms with E-state index in [0.29, 0.717) is 46.9 Å². The minimum atomic E-state index is -0.564. The Bertz CT molecular complexity index is 1880. The fourth-order valence-corrected chi connectivity index (χ4v) is 4.86. The van der Waals surface area contributed by atoms with Gasteiger partial charge in [-0.05, 0) is 54.4 Å². The van der Waals surface area contributed by atoms with Gasteiger partial charge in [0.05, 0.1) is 53.7 Å². The molecule has 3 aromatic carbocycles. The van der Waals surface area contributed by atoms with Gasteiger partial charge in [0.25, 0.3) is 0 Å². The predicted octanol–water partition coefficient (Wildman–Crippen LogP) is 5.39. The molecular formula is C32H25F2N5O4. The number of carbonyl (C=O) groups excluding carboxylic acids is 1. The molecule has 1 atom stereocenters. The van der Waals surface area contributed by atoms with Gasteiger partial charge >= 0.3 is 12.0 Å². The van der Waals surface area contributed by atoms with Crippen molar-refractivity contribution in [2.24, 2.45) is 0 Å². The fourth-order valence-electron chi connectivity index (χ4n) is 4.86. The van der Waals surface area contributed by atoms with Crippen LogP contribution in [0, 0.1) is 23.0 Å². The SMILES string of the molecule is COC(=O)c1ccc2nc(Cc3ccc(-c4ccnc(OCc5ccc(C#N)cc5F)n4)cc3F)n(C[C@@H]3CCO3)c2c1. The second kappa shape index (κ2) is 12.0. The standard InChI is InChI=1S/C32H25F2N5O4/c1-41-31(40)22-6-7-28-29(14-22)39(17-24-9-11-42-24)30(37-28)15-20-4-5-21(13-26(20)34)27-8-10-36-32(38-27)43-18-23-3-2-19(16-35)12-25(23)33/h2-8,10,12-14,24H,9,11,15,17-18H2,1H3/t24-/m0/s1. The molecule has 1 fully saturated rings. The molecule has 43 heavy (non-hydrogen) atoms. The minimum absolute atomic E-state index is 0.00370. The molecule has 1 aliphatic heterocycles. The van der Waals surface area contributed by atoms with E-state index in [1.165, 1.54) is 31.5 Å². The van der Waals surface area contributed by atoms with Crippen molar-refractivity contribution in [2.45, 2.75) is 32.1 Å². The summed E-state index contributed by atoms with van der Waals surface area (Å²) in [4.78, 5) is 25.3. The van der Waals surface area contributed by atoms with Crippen LogP contribution >= 0.6 is 0 Å². The molecule has 9 nitrogen and oxygen atoms in total. The quantitative estimate of drug-likeness (QED) is 0.213. The van der Waals surface area contributed by atoms with Crippen molar-refractivity contribution in [1.29, 1.82) is 5.26 Å². The summed E-state index contributed by atoms with van der Waals surface area (Å²) in [5.74, 6) is -0.804. The topological polar surface area (TPSA) is 112 Å². The number of nitrogens with zero attached hydrogens (tertiary/aromatic N) is 5. The monoisotopic (exact) mass is 581 g/mol. The van der Waals surface area contributed by atoms with Crippen LogP contribution in [0.4, 0.5) is 8.78 Å². The number of nitriles is 1. The number of hydrogen-bond acceptors (Lipinski definition) is 8. The number of halogens is 2. The van der Waals surface area contributed by atoms with Crippen LogP contribution in [0.3, 0.4) is 0 Å². The molecule has 1 aliphatic rings. The Kier molecular flexibility index (Phi) is 7.77. The van der Waals surface area contributed by atoms with Crippen LogP contribution < -0.4 is 4.74 Å². The van der Waals surface area contributed by atoms with Gasteiger partial charge in [-0.3, -0.25) is 0 Å². The van der Waals surface area contributed by atoms with Gasteiger partial charge in [-0.15, -0.1) is 0 Å². The summed E-state index contributed by atoms with van der Waals surface area (Å²) in [5.41, 5.74) is 3.68. The van der Waals surface area contributed by atoms with Crippen molar-refractivity contribution in [1.82, 2.24) is 19.5 Å². The number of hydrogen-bond donors (Lipinski definition) is 0. The van der Waals surface area contributed by atoms with E-state index >= 15 is 4.39 Å². The Morgan fingerprint density at radius 2 is 1.88 bits per heavy atom. The van der Waals surface area contributed by atoms with Crippen molar-refractivity contribution < 1.29 is 27.8 Å². The van der Waals surface area contributed by atoms with Gasteiger partial charge < -0.3 is 18.8 Å². The molecule has 1 saturated heterocycles. The lowest BCUT2D eigenvalue weighted by Crippen LogP contribution is -2.31. The number of esters is 1. The minimum Gasteiger partial charge on any atom is -0.465 e.